The molecule has 0 saturated heterocycles. The van der Waals surface area contributed by atoms with Crippen LogP contribution in [0.25, 0.3) is 0 Å². The van der Waals surface area contributed by atoms with Crippen LogP contribution < -0.4 is 0 Å². The maximum absolute atomic E-state index is 11.6. The van der Waals surface area contributed by atoms with Gasteiger partial charge in [0.1, 0.15) is 0 Å². The molecule has 0 aliphatic rings. The number of aliphatic hydroxyl groups is 2. The fourth-order valence-electron chi connectivity index (χ4n) is 1.57. The summed E-state index contributed by atoms with van der Waals surface area (Å²) >= 11 is 0. The third kappa shape index (κ3) is 8.46. The molecule has 0 saturated carbocycles. The highest BCUT2D eigenvalue weighted by Gasteiger charge is 2.21. The molecule has 0 amide bonds. The molecule has 0 atom stereocenters. The van der Waals surface area contributed by atoms with Gasteiger partial charge in [0.05, 0.1) is 5.57 Å². The van der Waals surface area contributed by atoms with E-state index < -0.39 is 11.6 Å². The highest BCUT2D eigenvalue weighted by Crippen LogP contribution is 2.15. The lowest BCUT2D eigenvalue weighted by Gasteiger charge is -2.17. The van der Waals surface area contributed by atoms with Gasteiger partial charge in [-0.15, -0.1) is 0 Å². The molecule has 4 heteroatoms. The van der Waals surface area contributed by atoms with Crippen LogP contribution in [0.4, 0.5) is 0 Å². The SMILES string of the molecule is CCCC=CC(=O)C(C=O)=CC(O)(O)CCCCC. The summed E-state index contributed by atoms with van der Waals surface area (Å²) in [6, 6.07) is 0. The average molecular weight is 268 g/mol. The number of unbranched alkanes of at least 4 members (excludes halogenated alkanes) is 3. The number of aldehydes is 1. The Bertz CT molecular complexity index is 340. The summed E-state index contributed by atoms with van der Waals surface area (Å²) in [6.07, 6.45) is 8.50. The highest BCUT2D eigenvalue weighted by molar-refractivity contribution is 6.17. The van der Waals surface area contributed by atoms with E-state index in [1.807, 2.05) is 13.8 Å². The van der Waals surface area contributed by atoms with Crippen LogP contribution in [0.1, 0.15) is 52.4 Å². The van der Waals surface area contributed by atoms with Gasteiger partial charge in [-0.05, 0) is 25.0 Å². The first-order valence-corrected chi connectivity index (χ1v) is 6.80. The van der Waals surface area contributed by atoms with Gasteiger partial charge in [-0.2, -0.15) is 0 Å². The number of hydrogen-bond acceptors (Lipinski definition) is 4. The fraction of sp³-hybridized carbons (Fsp3) is 0.600. The Morgan fingerprint density at radius 2 is 1.84 bits per heavy atom. The summed E-state index contributed by atoms with van der Waals surface area (Å²) in [5, 5.41) is 19.4. The van der Waals surface area contributed by atoms with Crippen molar-refractivity contribution in [3.05, 3.63) is 23.8 Å². The van der Waals surface area contributed by atoms with E-state index in [9.17, 15) is 19.8 Å². The molecule has 0 radical (unpaired) electrons. The van der Waals surface area contributed by atoms with E-state index in [1.54, 1.807) is 6.08 Å². The maximum Gasteiger partial charge on any atom is 0.188 e. The van der Waals surface area contributed by atoms with Crippen LogP contribution in [-0.4, -0.2) is 28.1 Å². The summed E-state index contributed by atoms with van der Waals surface area (Å²) in [5.74, 6) is -2.59. The van der Waals surface area contributed by atoms with E-state index >= 15 is 0 Å². The molecular formula is C15H24O4. The monoisotopic (exact) mass is 268 g/mol. The Kier molecular flexibility index (Phi) is 9.00. The van der Waals surface area contributed by atoms with Crippen LogP contribution in [0.15, 0.2) is 23.8 Å². The molecule has 0 rings (SSSR count). The Hall–Kier alpha value is -1.26. The molecule has 0 aromatic heterocycles. The number of hydrogen-bond donors (Lipinski definition) is 2. The second-order valence-electron chi connectivity index (χ2n) is 4.61. The molecule has 0 spiro atoms. The van der Waals surface area contributed by atoms with E-state index in [2.05, 4.69) is 0 Å². The first-order chi connectivity index (χ1) is 8.96. The first-order valence-electron chi connectivity index (χ1n) is 6.80. The molecule has 0 aliphatic carbocycles. The Morgan fingerprint density at radius 1 is 1.16 bits per heavy atom. The molecule has 0 aromatic carbocycles. The predicted molar refractivity (Wildman–Crippen MR) is 74.5 cm³/mol. The fourth-order valence-corrected chi connectivity index (χ4v) is 1.57. The van der Waals surface area contributed by atoms with Gasteiger partial charge in [0.15, 0.2) is 17.9 Å². The number of ketones is 1. The van der Waals surface area contributed by atoms with Crippen molar-refractivity contribution in [2.45, 2.75) is 58.2 Å². The molecule has 4 nitrogen and oxygen atoms in total. The van der Waals surface area contributed by atoms with Gasteiger partial charge in [-0.25, -0.2) is 0 Å². The molecule has 0 aromatic rings. The molecule has 19 heavy (non-hydrogen) atoms. The smallest absolute Gasteiger partial charge is 0.188 e. The van der Waals surface area contributed by atoms with Crippen LogP contribution in [0.2, 0.25) is 0 Å². The van der Waals surface area contributed by atoms with Crippen molar-refractivity contribution in [1.82, 2.24) is 0 Å². The van der Waals surface area contributed by atoms with Gasteiger partial charge in [0.25, 0.3) is 0 Å². The van der Waals surface area contributed by atoms with Gasteiger partial charge in [-0.1, -0.05) is 39.2 Å². The molecule has 0 bridgehead atoms. The van der Waals surface area contributed by atoms with Crippen molar-refractivity contribution in [1.29, 1.82) is 0 Å². The molecule has 0 aliphatic heterocycles. The second kappa shape index (κ2) is 9.64. The predicted octanol–water partition coefficient (Wildman–Crippen LogP) is 2.30. The number of carbonyl (C=O) groups excluding carboxylic acids is 2. The van der Waals surface area contributed by atoms with E-state index in [4.69, 9.17) is 0 Å². The van der Waals surface area contributed by atoms with E-state index in [0.29, 0.717) is 12.7 Å². The lowest BCUT2D eigenvalue weighted by Crippen LogP contribution is -2.26. The molecular weight excluding hydrogens is 244 g/mol. The van der Waals surface area contributed by atoms with Crippen LogP contribution in [0.5, 0.6) is 0 Å². The van der Waals surface area contributed by atoms with Crippen LogP contribution in [0, 0.1) is 0 Å². The summed E-state index contributed by atoms with van der Waals surface area (Å²) in [5.41, 5.74) is -0.214. The minimum Gasteiger partial charge on any atom is -0.362 e. The third-order valence-corrected chi connectivity index (χ3v) is 2.67. The van der Waals surface area contributed by atoms with Crippen LogP contribution >= 0.6 is 0 Å². The zero-order valence-electron chi connectivity index (χ0n) is 11.8. The number of carbonyl (C=O) groups is 2. The molecule has 2 N–H and O–H groups in total. The molecule has 0 fully saturated rings. The van der Waals surface area contributed by atoms with Crippen LogP contribution in [0.3, 0.4) is 0 Å². The maximum atomic E-state index is 11.6. The Balaban J connectivity index is 4.67. The Labute approximate surface area is 114 Å². The van der Waals surface area contributed by atoms with E-state index in [0.717, 1.165) is 31.8 Å². The molecule has 108 valence electrons. The lowest BCUT2D eigenvalue weighted by molar-refractivity contribution is -0.128. The van der Waals surface area contributed by atoms with Crippen molar-refractivity contribution in [3.63, 3.8) is 0 Å². The zero-order chi connectivity index (χ0) is 14.7. The first kappa shape index (κ1) is 17.7. The van der Waals surface area contributed by atoms with Gasteiger partial charge in [0, 0.05) is 6.42 Å². The van der Waals surface area contributed by atoms with Gasteiger partial charge in [-0.3, -0.25) is 9.59 Å². The third-order valence-electron chi connectivity index (χ3n) is 2.67. The summed E-state index contributed by atoms with van der Waals surface area (Å²) in [7, 11) is 0. The standard InChI is InChI=1S/C15H24O4/c1-3-5-7-9-14(17)13(12-16)11-15(18,19)10-8-6-4-2/h7,9,11-12,18-19H,3-6,8,10H2,1-2H3. The van der Waals surface area contributed by atoms with Crippen LogP contribution in [-0.2, 0) is 9.59 Å². The van der Waals surface area contributed by atoms with Crippen molar-refractivity contribution in [3.8, 4) is 0 Å². The van der Waals surface area contributed by atoms with E-state index in [1.165, 1.54) is 6.08 Å². The van der Waals surface area contributed by atoms with Crippen molar-refractivity contribution in [2.24, 2.45) is 0 Å². The summed E-state index contributed by atoms with van der Waals surface area (Å²) in [4.78, 5) is 22.5. The second-order valence-corrected chi connectivity index (χ2v) is 4.61. The minimum atomic E-state index is -2.10. The minimum absolute atomic E-state index is 0.115. The average Bonchev–Trinajstić information content (AvgIpc) is 2.36. The zero-order valence-corrected chi connectivity index (χ0v) is 11.8. The highest BCUT2D eigenvalue weighted by atomic mass is 16.5. The quantitative estimate of drug-likeness (QED) is 0.159. The molecule has 0 unspecified atom stereocenters. The number of allylic oxidation sites excluding steroid dienone is 3. The molecule has 0 heterocycles. The van der Waals surface area contributed by atoms with Gasteiger partial charge < -0.3 is 10.2 Å². The van der Waals surface area contributed by atoms with E-state index in [-0.39, 0.29) is 12.0 Å². The topological polar surface area (TPSA) is 74.6 Å². The summed E-state index contributed by atoms with van der Waals surface area (Å²) in [6.45, 7) is 3.98. The number of rotatable bonds is 10. The Morgan fingerprint density at radius 3 is 2.37 bits per heavy atom. The van der Waals surface area contributed by atoms with Crippen molar-refractivity contribution >= 4 is 12.1 Å². The summed E-state index contributed by atoms with van der Waals surface area (Å²) < 4.78 is 0. The van der Waals surface area contributed by atoms with Gasteiger partial charge >= 0.3 is 0 Å². The van der Waals surface area contributed by atoms with Crippen molar-refractivity contribution < 1.29 is 19.8 Å². The lowest BCUT2D eigenvalue weighted by atomic mass is 10.0. The largest absolute Gasteiger partial charge is 0.362 e. The normalized spacial score (nSPS) is 12.9. The van der Waals surface area contributed by atoms with Crippen molar-refractivity contribution in [2.75, 3.05) is 0 Å². The van der Waals surface area contributed by atoms with Gasteiger partial charge in [0.2, 0.25) is 0 Å².